The molecule has 1 fully saturated rings. The minimum absolute atomic E-state index is 0.222. The molecule has 0 amide bonds. The second-order valence-corrected chi connectivity index (χ2v) is 5.50. The molecule has 0 saturated heterocycles. The van der Waals surface area contributed by atoms with Gasteiger partial charge in [-0.15, -0.1) is 0 Å². The average molecular weight is 275 g/mol. The summed E-state index contributed by atoms with van der Waals surface area (Å²) in [6.45, 7) is 0. The lowest BCUT2D eigenvalue weighted by Crippen LogP contribution is -2.34. The lowest BCUT2D eigenvalue weighted by molar-refractivity contribution is 0.348. The Kier molecular flexibility index (Phi) is 3.53. The number of nitrogens with two attached hydrogens (primary N) is 1. The van der Waals surface area contributed by atoms with Gasteiger partial charge in [0.05, 0.1) is 5.54 Å². The smallest absolute Gasteiger partial charge is 0.227 e. The van der Waals surface area contributed by atoms with Crippen molar-refractivity contribution in [2.24, 2.45) is 5.73 Å². The van der Waals surface area contributed by atoms with Crippen molar-refractivity contribution in [3.8, 4) is 0 Å². The number of nitrogens with zero attached hydrogens (tertiary/aromatic N) is 2. The van der Waals surface area contributed by atoms with Gasteiger partial charge in [-0.25, -0.2) is 4.39 Å². The minimum atomic E-state index is -0.405. The number of hydrogen-bond donors (Lipinski definition) is 1. The Morgan fingerprint density at radius 1 is 1.15 bits per heavy atom. The molecule has 0 radical (unpaired) electrons. The maximum absolute atomic E-state index is 12.8. The summed E-state index contributed by atoms with van der Waals surface area (Å²) in [5.41, 5.74) is 6.94. The molecular weight excluding hydrogens is 257 g/mol. The van der Waals surface area contributed by atoms with Gasteiger partial charge in [0.25, 0.3) is 0 Å². The molecule has 0 bridgehead atoms. The van der Waals surface area contributed by atoms with E-state index in [-0.39, 0.29) is 5.82 Å². The highest BCUT2D eigenvalue weighted by Gasteiger charge is 2.35. The van der Waals surface area contributed by atoms with Crippen LogP contribution in [0, 0.1) is 5.82 Å². The molecule has 5 heteroatoms. The van der Waals surface area contributed by atoms with Crippen LogP contribution in [0.15, 0.2) is 28.8 Å². The topological polar surface area (TPSA) is 64.9 Å². The molecule has 0 atom stereocenters. The van der Waals surface area contributed by atoms with Gasteiger partial charge in [-0.1, -0.05) is 30.1 Å². The SMILES string of the molecule is NC1(c2noc(CCc3ccc(F)cc3)n2)CCCC1. The van der Waals surface area contributed by atoms with Crippen molar-refractivity contribution < 1.29 is 8.91 Å². The molecule has 1 aromatic heterocycles. The first-order valence-electron chi connectivity index (χ1n) is 7.02. The monoisotopic (exact) mass is 275 g/mol. The molecule has 1 aliphatic carbocycles. The molecule has 20 heavy (non-hydrogen) atoms. The molecule has 1 saturated carbocycles. The molecule has 4 nitrogen and oxygen atoms in total. The Balaban J connectivity index is 1.64. The highest BCUT2D eigenvalue weighted by molar-refractivity contribution is 5.17. The molecule has 0 unspecified atom stereocenters. The summed E-state index contributed by atoms with van der Waals surface area (Å²) in [5, 5.41) is 4.03. The van der Waals surface area contributed by atoms with Crippen LogP contribution in [0.3, 0.4) is 0 Å². The predicted octanol–water partition coefficient (Wildman–Crippen LogP) is 2.72. The Hall–Kier alpha value is -1.75. The summed E-state index contributed by atoms with van der Waals surface area (Å²) in [6, 6.07) is 6.46. The van der Waals surface area contributed by atoms with E-state index in [1.54, 1.807) is 12.1 Å². The van der Waals surface area contributed by atoms with Crippen molar-refractivity contribution in [3.63, 3.8) is 0 Å². The van der Waals surface area contributed by atoms with Gasteiger partial charge in [-0.05, 0) is 37.0 Å². The first-order chi connectivity index (χ1) is 9.66. The van der Waals surface area contributed by atoms with Gasteiger partial charge in [-0.3, -0.25) is 0 Å². The van der Waals surface area contributed by atoms with Crippen LogP contribution in [0.2, 0.25) is 0 Å². The van der Waals surface area contributed by atoms with Gasteiger partial charge >= 0.3 is 0 Å². The summed E-state index contributed by atoms with van der Waals surface area (Å²) < 4.78 is 18.1. The van der Waals surface area contributed by atoms with Crippen molar-refractivity contribution >= 4 is 0 Å². The molecule has 1 heterocycles. The van der Waals surface area contributed by atoms with Crippen molar-refractivity contribution in [1.82, 2.24) is 10.1 Å². The van der Waals surface area contributed by atoms with Gasteiger partial charge < -0.3 is 10.3 Å². The third-order valence-corrected chi connectivity index (χ3v) is 3.95. The van der Waals surface area contributed by atoms with E-state index in [1.165, 1.54) is 12.1 Å². The summed E-state index contributed by atoms with van der Waals surface area (Å²) in [5.74, 6) is 1.00. The number of benzene rings is 1. The van der Waals surface area contributed by atoms with Crippen LogP contribution in [-0.2, 0) is 18.4 Å². The molecule has 106 valence electrons. The lowest BCUT2D eigenvalue weighted by atomic mass is 9.99. The second-order valence-electron chi connectivity index (χ2n) is 5.50. The number of hydrogen-bond acceptors (Lipinski definition) is 4. The Bertz CT molecular complexity index is 573. The van der Waals surface area contributed by atoms with E-state index in [1.807, 2.05) is 0 Å². The van der Waals surface area contributed by atoms with Gasteiger partial charge in [0.1, 0.15) is 5.82 Å². The highest BCUT2D eigenvalue weighted by Crippen LogP contribution is 2.34. The number of aromatic nitrogens is 2. The first-order valence-corrected chi connectivity index (χ1v) is 7.02. The van der Waals surface area contributed by atoms with Crippen LogP contribution in [0.4, 0.5) is 4.39 Å². The maximum atomic E-state index is 12.8. The zero-order chi connectivity index (χ0) is 14.0. The van der Waals surface area contributed by atoms with Crippen LogP contribution in [0.5, 0.6) is 0 Å². The van der Waals surface area contributed by atoms with Crippen LogP contribution in [0.1, 0.15) is 43.0 Å². The fourth-order valence-corrected chi connectivity index (χ4v) is 2.69. The standard InChI is InChI=1S/C15H18FN3O/c16-12-6-3-11(4-7-12)5-8-13-18-14(19-20-13)15(17)9-1-2-10-15/h3-4,6-7H,1-2,5,8-10,17H2. The van der Waals surface area contributed by atoms with Crippen molar-refractivity contribution in [3.05, 3.63) is 47.4 Å². The molecule has 0 aliphatic heterocycles. The summed E-state index contributed by atoms with van der Waals surface area (Å²) >= 11 is 0. The molecule has 3 rings (SSSR count). The van der Waals surface area contributed by atoms with E-state index < -0.39 is 5.54 Å². The van der Waals surface area contributed by atoms with Crippen LogP contribution in [-0.4, -0.2) is 10.1 Å². The molecule has 2 N–H and O–H groups in total. The molecule has 1 aliphatic rings. The fourth-order valence-electron chi connectivity index (χ4n) is 2.69. The van der Waals surface area contributed by atoms with E-state index in [2.05, 4.69) is 10.1 Å². The zero-order valence-corrected chi connectivity index (χ0v) is 11.3. The average Bonchev–Trinajstić information content (AvgIpc) is 3.08. The lowest BCUT2D eigenvalue weighted by Gasteiger charge is -2.17. The van der Waals surface area contributed by atoms with E-state index in [0.29, 0.717) is 18.1 Å². The quantitative estimate of drug-likeness (QED) is 0.931. The van der Waals surface area contributed by atoms with Crippen molar-refractivity contribution in [1.29, 1.82) is 0 Å². The van der Waals surface area contributed by atoms with Crippen LogP contribution >= 0.6 is 0 Å². The van der Waals surface area contributed by atoms with Gasteiger partial charge in [-0.2, -0.15) is 4.98 Å². The minimum Gasteiger partial charge on any atom is -0.339 e. The summed E-state index contributed by atoms with van der Waals surface area (Å²) in [7, 11) is 0. The van der Waals surface area contributed by atoms with Crippen LogP contribution in [0.25, 0.3) is 0 Å². The number of halogens is 1. The largest absolute Gasteiger partial charge is 0.339 e. The van der Waals surface area contributed by atoms with Crippen LogP contribution < -0.4 is 5.73 Å². The van der Waals surface area contributed by atoms with Gasteiger partial charge in [0, 0.05) is 6.42 Å². The Labute approximate surface area is 117 Å². The van der Waals surface area contributed by atoms with Crippen molar-refractivity contribution in [2.45, 2.75) is 44.1 Å². The number of aryl methyl sites for hydroxylation is 2. The zero-order valence-electron chi connectivity index (χ0n) is 11.3. The predicted molar refractivity (Wildman–Crippen MR) is 72.4 cm³/mol. The van der Waals surface area contributed by atoms with Gasteiger partial charge in [0.2, 0.25) is 5.89 Å². The normalized spacial score (nSPS) is 17.5. The van der Waals surface area contributed by atoms with E-state index in [4.69, 9.17) is 10.3 Å². The molecule has 0 spiro atoms. The van der Waals surface area contributed by atoms with Gasteiger partial charge in [0.15, 0.2) is 5.82 Å². The van der Waals surface area contributed by atoms with E-state index in [9.17, 15) is 4.39 Å². The van der Waals surface area contributed by atoms with Crippen molar-refractivity contribution in [2.75, 3.05) is 0 Å². The molecule has 2 aromatic rings. The Morgan fingerprint density at radius 2 is 1.85 bits per heavy atom. The summed E-state index contributed by atoms with van der Waals surface area (Å²) in [6.07, 6.45) is 5.48. The maximum Gasteiger partial charge on any atom is 0.227 e. The Morgan fingerprint density at radius 3 is 2.55 bits per heavy atom. The molecule has 1 aromatic carbocycles. The fraction of sp³-hybridized carbons (Fsp3) is 0.467. The third-order valence-electron chi connectivity index (χ3n) is 3.95. The third kappa shape index (κ3) is 2.72. The first kappa shape index (κ1) is 13.2. The van der Waals surface area contributed by atoms with E-state index >= 15 is 0 Å². The second kappa shape index (κ2) is 5.32. The van der Waals surface area contributed by atoms with E-state index in [0.717, 1.165) is 37.7 Å². The summed E-state index contributed by atoms with van der Waals surface area (Å²) in [4.78, 5) is 4.42. The molecular formula is C15H18FN3O. The number of rotatable bonds is 4. The highest BCUT2D eigenvalue weighted by atomic mass is 19.1.